The quantitative estimate of drug-likeness (QED) is 0.624. The molecule has 2 heteroatoms. The van der Waals surface area contributed by atoms with E-state index in [9.17, 15) is 5.11 Å². The molecule has 2 nitrogen and oxygen atoms in total. The second-order valence-corrected chi connectivity index (χ2v) is 5.51. The second-order valence-electron chi connectivity index (χ2n) is 5.51. The highest BCUT2D eigenvalue weighted by atomic mass is 16.3. The van der Waals surface area contributed by atoms with Gasteiger partial charge in [-0.3, -0.25) is 4.90 Å². The molecule has 1 heterocycles. The van der Waals surface area contributed by atoms with Crippen molar-refractivity contribution in [1.29, 1.82) is 0 Å². The summed E-state index contributed by atoms with van der Waals surface area (Å²) in [5, 5.41) is 9.91. The third-order valence-electron chi connectivity index (χ3n) is 3.01. The molecule has 78 valence electrons. The van der Waals surface area contributed by atoms with Crippen LogP contribution in [0.5, 0.6) is 0 Å². The fraction of sp³-hybridized carbons (Fsp3) is 1.00. The highest BCUT2D eigenvalue weighted by molar-refractivity contribution is 4.84. The van der Waals surface area contributed by atoms with Gasteiger partial charge in [0.15, 0.2) is 0 Å². The third kappa shape index (κ3) is 3.28. The summed E-state index contributed by atoms with van der Waals surface area (Å²) in [7, 11) is 0. The minimum Gasteiger partial charge on any atom is -0.390 e. The first-order valence-corrected chi connectivity index (χ1v) is 5.29. The first kappa shape index (κ1) is 11.0. The van der Waals surface area contributed by atoms with Crippen LogP contribution in [0.3, 0.4) is 0 Å². The lowest BCUT2D eigenvalue weighted by atomic mass is 9.98. The van der Waals surface area contributed by atoms with E-state index in [1.54, 1.807) is 0 Å². The van der Waals surface area contributed by atoms with Crippen LogP contribution in [0.1, 0.15) is 47.0 Å². The van der Waals surface area contributed by atoms with Crippen molar-refractivity contribution in [1.82, 2.24) is 4.90 Å². The van der Waals surface area contributed by atoms with Crippen molar-refractivity contribution < 1.29 is 5.11 Å². The number of rotatable bonds is 0. The summed E-state index contributed by atoms with van der Waals surface area (Å²) < 4.78 is 0. The van der Waals surface area contributed by atoms with E-state index < -0.39 is 5.60 Å². The molecule has 0 aliphatic carbocycles. The second kappa shape index (κ2) is 3.58. The van der Waals surface area contributed by atoms with E-state index in [1.165, 1.54) is 0 Å². The fourth-order valence-electron chi connectivity index (χ4n) is 1.93. The first-order valence-electron chi connectivity index (χ1n) is 5.29. The van der Waals surface area contributed by atoms with Crippen LogP contribution in [0, 0.1) is 0 Å². The van der Waals surface area contributed by atoms with Gasteiger partial charge < -0.3 is 5.11 Å². The van der Waals surface area contributed by atoms with Crippen molar-refractivity contribution in [3.63, 3.8) is 0 Å². The molecule has 1 N–H and O–H groups in total. The Labute approximate surface area is 81.9 Å². The van der Waals surface area contributed by atoms with Gasteiger partial charge in [-0.15, -0.1) is 0 Å². The molecule has 0 radical (unpaired) electrons. The molecule has 1 aliphatic heterocycles. The Balaban J connectivity index is 2.55. The summed E-state index contributed by atoms with van der Waals surface area (Å²) in [6, 6.07) is 0. The molecule has 1 atom stereocenters. The van der Waals surface area contributed by atoms with E-state index in [2.05, 4.69) is 25.7 Å². The van der Waals surface area contributed by atoms with Gasteiger partial charge in [-0.25, -0.2) is 0 Å². The van der Waals surface area contributed by atoms with Crippen LogP contribution in [0.4, 0.5) is 0 Å². The predicted octanol–water partition coefficient (Wildman–Crippen LogP) is 2.02. The minimum atomic E-state index is -0.431. The van der Waals surface area contributed by atoms with E-state index in [1.807, 2.05) is 6.92 Å². The zero-order chi connectivity index (χ0) is 10.1. The number of hydrogen-bond acceptors (Lipinski definition) is 2. The molecule has 0 spiro atoms. The Morgan fingerprint density at radius 2 is 1.77 bits per heavy atom. The zero-order valence-corrected chi connectivity index (χ0v) is 9.43. The molecule has 0 aromatic heterocycles. The molecule has 0 amide bonds. The summed E-state index contributed by atoms with van der Waals surface area (Å²) in [4.78, 5) is 2.47. The van der Waals surface area contributed by atoms with Gasteiger partial charge in [0, 0.05) is 12.1 Å². The maximum Gasteiger partial charge on any atom is 0.0632 e. The van der Waals surface area contributed by atoms with Gasteiger partial charge in [-0.2, -0.15) is 0 Å². The van der Waals surface area contributed by atoms with E-state index >= 15 is 0 Å². The lowest BCUT2D eigenvalue weighted by Gasteiger charge is -2.34. The maximum atomic E-state index is 9.91. The Hall–Kier alpha value is -0.0800. The fourth-order valence-corrected chi connectivity index (χ4v) is 1.93. The van der Waals surface area contributed by atoms with Crippen LogP contribution in [0.2, 0.25) is 0 Å². The number of aliphatic hydroxyl groups is 1. The van der Waals surface area contributed by atoms with Crippen molar-refractivity contribution in [2.24, 2.45) is 0 Å². The van der Waals surface area contributed by atoms with Crippen molar-refractivity contribution in [3.8, 4) is 0 Å². The number of nitrogens with zero attached hydrogens (tertiary/aromatic N) is 1. The van der Waals surface area contributed by atoms with Crippen LogP contribution >= 0.6 is 0 Å². The van der Waals surface area contributed by atoms with Crippen molar-refractivity contribution in [3.05, 3.63) is 0 Å². The minimum absolute atomic E-state index is 0.250. The van der Waals surface area contributed by atoms with Crippen LogP contribution in [0.25, 0.3) is 0 Å². The molecular weight excluding hydrogens is 162 g/mol. The predicted molar refractivity (Wildman–Crippen MR) is 55.8 cm³/mol. The topological polar surface area (TPSA) is 23.5 Å². The first-order chi connectivity index (χ1) is 5.81. The molecular formula is C11H23NO. The molecule has 0 bridgehead atoms. The Morgan fingerprint density at radius 3 is 2.31 bits per heavy atom. The SMILES string of the molecule is CC(C)(C)N1CCC[C@@](C)(O)CC1. The lowest BCUT2D eigenvalue weighted by Crippen LogP contribution is -2.42. The zero-order valence-electron chi connectivity index (χ0n) is 9.43. The van der Waals surface area contributed by atoms with Gasteiger partial charge in [0.05, 0.1) is 5.60 Å². The third-order valence-corrected chi connectivity index (χ3v) is 3.01. The van der Waals surface area contributed by atoms with E-state index in [0.29, 0.717) is 0 Å². The Bertz CT molecular complexity index is 169. The summed E-state index contributed by atoms with van der Waals surface area (Å²) >= 11 is 0. The van der Waals surface area contributed by atoms with Gasteiger partial charge in [0.2, 0.25) is 0 Å². The molecule has 1 fully saturated rings. The van der Waals surface area contributed by atoms with Crippen molar-refractivity contribution >= 4 is 0 Å². The summed E-state index contributed by atoms with van der Waals surface area (Å²) in [6.07, 6.45) is 2.97. The monoisotopic (exact) mass is 185 g/mol. The van der Waals surface area contributed by atoms with Gasteiger partial charge in [-0.1, -0.05) is 0 Å². The summed E-state index contributed by atoms with van der Waals surface area (Å²) in [5.74, 6) is 0. The average Bonchev–Trinajstić information content (AvgIpc) is 2.08. The molecule has 13 heavy (non-hydrogen) atoms. The number of hydrogen-bond donors (Lipinski definition) is 1. The smallest absolute Gasteiger partial charge is 0.0632 e. The molecule has 1 aliphatic rings. The Kier molecular flexibility index (Phi) is 3.03. The molecule has 0 aromatic rings. The summed E-state index contributed by atoms with van der Waals surface area (Å²) in [6.45, 7) is 10.8. The Morgan fingerprint density at radius 1 is 1.15 bits per heavy atom. The van der Waals surface area contributed by atoms with Gasteiger partial charge in [0.25, 0.3) is 0 Å². The van der Waals surface area contributed by atoms with E-state index in [0.717, 1.165) is 32.4 Å². The standard InChI is InChI=1S/C11H23NO/c1-10(2,3)12-8-5-6-11(4,13)7-9-12/h13H,5-9H2,1-4H3/t11-/m1/s1. The molecule has 0 saturated carbocycles. The van der Waals surface area contributed by atoms with Crippen molar-refractivity contribution in [2.75, 3.05) is 13.1 Å². The maximum absolute atomic E-state index is 9.91. The van der Waals surface area contributed by atoms with Gasteiger partial charge in [0.1, 0.15) is 0 Å². The molecule has 1 saturated heterocycles. The van der Waals surface area contributed by atoms with Crippen LogP contribution < -0.4 is 0 Å². The highest BCUT2D eigenvalue weighted by Crippen LogP contribution is 2.25. The van der Waals surface area contributed by atoms with Crippen LogP contribution in [-0.2, 0) is 0 Å². The molecule has 0 unspecified atom stereocenters. The highest BCUT2D eigenvalue weighted by Gasteiger charge is 2.29. The average molecular weight is 185 g/mol. The van der Waals surface area contributed by atoms with Gasteiger partial charge in [-0.05, 0) is 53.5 Å². The number of likely N-dealkylation sites (tertiary alicyclic amines) is 1. The van der Waals surface area contributed by atoms with Gasteiger partial charge >= 0.3 is 0 Å². The largest absolute Gasteiger partial charge is 0.390 e. The van der Waals surface area contributed by atoms with E-state index in [4.69, 9.17) is 0 Å². The normalized spacial score (nSPS) is 33.0. The van der Waals surface area contributed by atoms with E-state index in [-0.39, 0.29) is 5.54 Å². The van der Waals surface area contributed by atoms with Crippen molar-refractivity contribution in [2.45, 2.75) is 58.1 Å². The summed E-state index contributed by atoms with van der Waals surface area (Å²) in [5.41, 5.74) is -0.180. The lowest BCUT2D eigenvalue weighted by molar-refractivity contribution is 0.0403. The van der Waals surface area contributed by atoms with Crippen LogP contribution in [0.15, 0.2) is 0 Å². The van der Waals surface area contributed by atoms with Crippen LogP contribution in [-0.4, -0.2) is 34.2 Å². The molecule has 0 aromatic carbocycles. The molecule has 1 rings (SSSR count).